The number of rotatable bonds is 28. The lowest BCUT2D eigenvalue weighted by Gasteiger charge is -2.27. The van der Waals surface area contributed by atoms with Gasteiger partial charge in [0, 0.05) is 22.3 Å². The van der Waals surface area contributed by atoms with Crippen LogP contribution < -0.4 is 0 Å². The summed E-state index contributed by atoms with van der Waals surface area (Å²) in [7, 11) is 0. The Kier molecular flexibility index (Phi) is 20.2. The normalized spacial score (nSPS) is 14.5. The van der Waals surface area contributed by atoms with Crippen molar-refractivity contribution in [1.29, 1.82) is 0 Å². The van der Waals surface area contributed by atoms with Crippen molar-refractivity contribution in [2.75, 3.05) is 0 Å². The van der Waals surface area contributed by atoms with Gasteiger partial charge in [-0.25, -0.2) is 0 Å². The minimum atomic E-state index is 0.0122. The first kappa shape index (κ1) is 41.2. The van der Waals surface area contributed by atoms with Crippen LogP contribution in [0.3, 0.4) is 0 Å². The summed E-state index contributed by atoms with van der Waals surface area (Å²) in [5, 5.41) is 0. The second-order valence-electron chi connectivity index (χ2n) is 16.1. The predicted octanol–water partition coefficient (Wildman–Crippen LogP) is 14.8. The van der Waals surface area contributed by atoms with Gasteiger partial charge in [0.15, 0.2) is 11.6 Å². The third kappa shape index (κ3) is 14.1. The number of fused-ring (bicyclic) bond motifs is 2. The van der Waals surface area contributed by atoms with Crippen LogP contribution in [0.4, 0.5) is 0 Å². The third-order valence-corrected chi connectivity index (χ3v) is 11.4. The highest BCUT2D eigenvalue weighted by Crippen LogP contribution is 2.38. The van der Waals surface area contributed by atoms with E-state index in [4.69, 9.17) is 0 Å². The molecule has 3 atom stereocenters. The maximum absolute atomic E-state index is 14.1. The molecule has 3 rings (SSSR count). The van der Waals surface area contributed by atoms with Gasteiger partial charge in [-0.05, 0) is 54.2 Å². The zero-order chi connectivity index (χ0) is 35.3. The van der Waals surface area contributed by atoms with Gasteiger partial charge in [0.1, 0.15) is 0 Å². The van der Waals surface area contributed by atoms with Crippen LogP contribution in [0.25, 0.3) is 0 Å². The van der Waals surface area contributed by atoms with E-state index in [2.05, 4.69) is 40.7 Å². The van der Waals surface area contributed by atoms with Crippen molar-refractivity contribution < 1.29 is 9.59 Å². The third-order valence-electron chi connectivity index (χ3n) is 11.4. The lowest BCUT2D eigenvalue weighted by Crippen LogP contribution is -2.24. The van der Waals surface area contributed by atoms with Gasteiger partial charge >= 0.3 is 0 Å². The summed E-state index contributed by atoms with van der Waals surface area (Å²) in [6, 6.07) is 11.6. The molecule has 2 heteroatoms. The Morgan fingerprint density at radius 2 is 0.918 bits per heavy atom. The smallest absolute Gasteiger partial charge is 0.194 e. The van der Waals surface area contributed by atoms with E-state index in [0.717, 1.165) is 12.8 Å². The number of carbonyl (C=O) groups is 2. The Bertz CT molecular complexity index is 1220. The molecule has 0 aromatic heterocycles. The molecule has 2 aromatic carbocycles. The molecule has 0 bridgehead atoms. The van der Waals surface area contributed by atoms with Gasteiger partial charge in [-0.2, -0.15) is 0 Å². The van der Waals surface area contributed by atoms with Crippen molar-refractivity contribution in [3.63, 3.8) is 0 Å². The maximum Gasteiger partial charge on any atom is 0.194 e. The molecule has 0 saturated heterocycles. The molecule has 274 valence electrons. The lowest BCUT2D eigenvalue weighted by atomic mass is 9.75. The van der Waals surface area contributed by atoms with Crippen molar-refractivity contribution in [3.8, 4) is 0 Å². The first-order valence-corrected chi connectivity index (χ1v) is 21.2. The average molecular weight is 671 g/mol. The van der Waals surface area contributed by atoms with Gasteiger partial charge in [-0.15, -0.1) is 0 Å². The lowest BCUT2D eigenvalue weighted by molar-refractivity contribution is 0.0978. The van der Waals surface area contributed by atoms with Crippen LogP contribution in [0.5, 0.6) is 0 Å². The van der Waals surface area contributed by atoms with Gasteiger partial charge in [0.05, 0.1) is 0 Å². The Hall–Kier alpha value is -2.22. The van der Waals surface area contributed by atoms with Crippen molar-refractivity contribution in [2.24, 2.45) is 11.8 Å². The Morgan fingerprint density at radius 3 is 1.43 bits per heavy atom. The number of benzene rings is 2. The van der Waals surface area contributed by atoms with Crippen molar-refractivity contribution >= 4 is 11.6 Å². The Labute approximate surface area is 303 Å². The summed E-state index contributed by atoms with van der Waals surface area (Å²) in [5.41, 5.74) is 4.95. The molecule has 0 radical (unpaired) electrons. The standard InChI is InChI=1S/C47H74O2/c1-6-8-10-12-14-16-17-18-20-22-24-26-30-39(5)44-40(33-34-43-45(44)47(49)42-32-28-27-31-41(42)46(43)48)36-38(4)35-37(3)29-25-23-21-19-15-13-11-9-7-2/h27-28,31-34,37-39H,6-26,29-30,35-36H2,1-5H3. The second kappa shape index (κ2) is 24.1. The van der Waals surface area contributed by atoms with E-state index >= 15 is 0 Å². The average Bonchev–Trinajstić information content (AvgIpc) is 3.10. The molecular weight excluding hydrogens is 597 g/mol. The fourth-order valence-electron chi connectivity index (χ4n) is 8.50. The zero-order valence-corrected chi connectivity index (χ0v) is 32.7. The fraction of sp³-hybridized carbons (Fsp3) is 0.702. The highest BCUT2D eigenvalue weighted by molar-refractivity contribution is 6.29. The van der Waals surface area contributed by atoms with Gasteiger partial charge in [-0.3, -0.25) is 9.59 Å². The molecule has 0 spiro atoms. The molecule has 1 aliphatic rings. The molecule has 1 aliphatic carbocycles. The van der Waals surface area contributed by atoms with Gasteiger partial charge in [-0.1, -0.05) is 206 Å². The Morgan fingerprint density at radius 1 is 0.469 bits per heavy atom. The maximum atomic E-state index is 14.1. The summed E-state index contributed by atoms with van der Waals surface area (Å²) in [5.74, 6) is 1.59. The Balaban J connectivity index is 1.56. The second-order valence-corrected chi connectivity index (χ2v) is 16.1. The van der Waals surface area contributed by atoms with Crippen molar-refractivity contribution in [2.45, 2.75) is 201 Å². The molecule has 2 aromatic rings. The highest BCUT2D eigenvalue weighted by Gasteiger charge is 2.34. The van der Waals surface area contributed by atoms with E-state index in [1.165, 1.54) is 159 Å². The number of unbranched alkanes of at least 4 members (excludes halogenated alkanes) is 19. The van der Waals surface area contributed by atoms with E-state index in [1.54, 1.807) is 0 Å². The topological polar surface area (TPSA) is 34.1 Å². The summed E-state index contributed by atoms with van der Waals surface area (Å²) in [6.45, 7) is 11.7. The minimum Gasteiger partial charge on any atom is -0.289 e. The number of carbonyl (C=O) groups excluding carboxylic acids is 2. The molecule has 49 heavy (non-hydrogen) atoms. The largest absolute Gasteiger partial charge is 0.289 e. The predicted molar refractivity (Wildman–Crippen MR) is 212 cm³/mol. The molecule has 0 aliphatic heterocycles. The van der Waals surface area contributed by atoms with Crippen LogP contribution in [0.15, 0.2) is 36.4 Å². The fourth-order valence-corrected chi connectivity index (χ4v) is 8.50. The SMILES string of the molecule is CCCCCCCCCCCCCCC(C)c1c(CC(C)CC(C)CCCCCCCCCCC)ccc2c1C(=O)c1ccccc1C2=O. The van der Waals surface area contributed by atoms with Crippen molar-refractivity contribution in [1.82, 2.24) is 0 Å². The molecule has 2 nitrogen and oxygen atoms in total. The van der Waals surface area contributed by atoms with Crippen LogP contribution in [0.2, 0.25) is 0 Å². The van der Waals surface area contributed by atoms with E-state index in [-0.39, 0.29) is 17.5 Å². The van der Waals surface area contributed by atoms with Crippen LogP contribution in [0.1, 0.15) is 238 Å². The molecule has 0 N–H and O–H groups in total. The van der Waals surface area contributed by atoms with Gasteiger partial charge in [0.25, 0.3) is 0 Å². The summed E-state index contributed by atoms with van der Waals surface area (Å²) in [6.07, 6.45) is 33.2. The summed E-state index contributed by atoms with van der Waals surface area (Å²) in [4.78, 5) is 27.7. The summed E-state index contributed by atoms with van der Waals surface area (Å²) < 4.78 is 0. The van der Waals surface area contributed by atoms with Gasteiger partial charge < -0.3 is 0 Å². The van der Waals surface area contributed by atoms with E-state index in [9.17, 15) is 9.59 Å². The van der Waals surface area contributed by atoms with E-state index in [0.29, 0.717) is 34.1 Å². The van der Waals surface area contributed by atoms with Crippen LogP contribution >= 0.6 is 0 Å². The van der Waals surface area contributed by atoms with Crippen LogP contribution in [-0.2, 0) is 6.42 Å². The molecule has 3 unspecified atom stereocenters. The number of hydrogen-bond donors (Lipinski definition) is 0. The minimum absolute atomic E-state index is 0.0122. The van der Waals surface area contributed by atoms with Crippen LogP contribution in [0, 0.1) is 11.8 Å². The van der Waals surface area contributed by atoms with E-state index in [1.807, 2.05) is 30.3 Å². The molecule has 0 amide bonds. The van der Waals surface area contributed by atoms with Crippen LogP contribution in [-0.4, -0.2) is 11.6 Å². The zero-order valence-electron chi connectivity index (χ0n) is 32.7. The molecule has 0 saturated carbocycles. The molecule has 0 fully saturated rings. The monoisotopic (exact) mass is 671 g/mol. The van der Waals surface area contributed by atoms with E-state index < -0.39 is 0 Å². The molecular formula is C47H74O2. The quantitative estimate of drug-likeness (QED) is 0.0721. The first-order valence-electron chi connectivity index (χ1n) is 21.2. The highest BCUT2D eigenvalue weighted by atomic mass is 16.1. The first-order chi connectivity index (χ1) is 23.9. The summed E-state index contributed by atoms with van der Waals surface area (Å²) >= 11 is 0. The number of hydrogen-bond acceptors (Lipinski definition) is 2. The molecule has 0 heterocycles. The van der Waals surface area contributed by atoms with Gasteiger partial charge in [0.2, 0.25) is 0 Å². The number of ketones is 2. The van der Waals surface area contributed by atoms with Crippen molar-refractivity contribution in [3.05, 3.63) is 69.8 Å².